The van der Waals surface area contributed by atoms with E-state index in [1.165, 1.54) is 6.07 Å². The third-order valence-corrected chi connectivity index (χ3v) is 6.73. The summed E-state index contributed by atoms with van der Waals surface area (Å²) in [6, 6.07) is 12.2. The Hall–Kier alpha value is -3.39. The van der Waals surface area contributed by atoms with Crippen LogP contribution in [0.3, 0.4) is 0 Å². The number of fused-ring (bicyclic) bond motifs is 3. The highest BCUT2D eigenvalue weighted by molar-refractivity contribution is 5.98. The van der Waals surface area contributed by atoms with Gasteiger partial charge >= 0.3 is 5.63 Å². The maximum absolute atomic E-state index is 14.1. The first kappa shape index (κ1) is 23.4. The summed E-state index contributed by atoms with van der Waals surface area (Å²) in [4.78, 5) is 31.9. The zero-order valence-corrected chi connectivity index (χ0v) is 20.0. The van der Waals surface area contributed by atoms with Gasteiger partial charge in [0.15, 0.2) is 0 Å². The predicted octanol–water partition coefficient (Wildman–Crippen LogP) is 3.82. The Morgan fingerprint density at radius 2 is 1.89 bits per heavy atom. The van der Waals surface area contributed by atoms with Gasteiger partial charge in [0.2, 0.25) is 5.91 Å². The van der Waals surface area contributed by atoms with Crippen LogP contribution in [0.2, 0.25) is 0 Å². The van der Waals surface area contributed by atoms with E-state index in [1.807, 2.05) is 24.0 Å². The van der Waals surface area contributed by atoms with Crippen LogP contribution < -0.4 is 20.2 Å². The highest BCUT2D eigenvalue weighted by atomic mass is 19.1. The molecular formula is C27H30FN3O4. The van der Waals surface area contributed by atoms with E-state index in [4.69, 9.17) is 9.15 Å². The predicted molar refractivity (Wildman–Crippen MR) is 134 cm³/mol. The fourth-order valence-electron chi connectivity index (χ4n) is 4.98. The Bertz CT molecular complexity index is 1280. The molecule has 2 aliphatic heterocycles. The fraction of sp³-hybridized carbons (Fsp3) is 0.407. The van der Waals surface area contributed by atoms with E-state index in [1.54, 1.807) is 29.2 Å². The lowest BCUT2D eigenvalue weighted by molar-refractivity contribution is -0.119. The lowest BCUT2D eigenvalue weighted by atomic mass is 9.98. The molecule has 0 bridgehead atoms. The van der Waals surface area contributed by atoms with Gasteiger partial charge in [0.05, 0.1) is 18.8 Å². The number of aryl methyl sites for hydroxylation is 1. The van der Waals surface area contributed by atoms with E-state index in [2.05, 4.69) is 4.90 Å². The highest BCUT2D eigenvalue weighted by Crippen LogP contribution is 2.33. The number of carbonyl (C=O) groups is 1. The number of benzene rings is 2. The number of halogens is 1. The van der Waals surface area contributed by atoms with Gasteiger partial charge < -0.3 is 19.0 Å². The van der Waals surface area contributed by atoms with Gasteiger partial charge in [-0.25, -0.2) is 9.18 Å². The molecule has 3 heterocycles. The normalized spacial score (nSPS) is 16.4. The monoisotopic (exact) mass is 479 g/mol. The molecule has 0 unspecified atom stereocenters. The van der Waals surface area contributed by atoms with E-state index in [9.17, 15) is 14.0 Å². The van der Waals surface area contributed by atoms with Gasteiger partial charge in [-0.15, -0.1) is 0 Å². The smallest absolute Gasteiger partial charge is 0.360 e. The van der Waals surface area contributed by atoms with E-state index in [-0.39, 0.29) is 18.3 Å². The summed E-state index contributed by atoms with van der Waals surface area (Å²) in [6.07, 6.45) is 2.38. The number of carbonyl (C=O) groups excluding carboxylic acids is 1. The SMILES string of the molecule is CCCOc1ccc2oc(=O)c3c(c2c1)CCCN3C(=O)CN1CCN(c2ccccc2F)CC1. The first-order chi connectivity index (χ1) is 17.0. The molecule has 3 aromatic rings. The minimum Gasteiger partial charge on any atom is -0.494 e. The first-order valence-electron chi connectivity index (χ1n) is 12.3. The van der Waals surface area contributed by atoms with Gasteiger partial charge in [-0.2, -0.15) is 0 Å². The number of rotatable bonds is 6. The van der Waals surface area contributed by atoms with Gasteiger partial charge in [-0.05, 0) is 55.2 Å². The summed E-state index contributed by atoms with van der Waals surface area (Å²) in [6.45, 7) is 5.92. The van der Waals surface area contributed by atoms with Crippen LogP contribution in [0.5, 0.6) is 5.75 Å². The summed E-state index contributed by atoms with van der Waals surface area (Å²) in [5.74, 6) is 0.381. The molecule has 0 N–H and O–H groups in total. The van der Waals surface area contributed by atoms with Crippen LogP contribution in [-0.2, 0) is 11.2 Å². The molecule has 1 aromatic heterocycles. The average molecular weight is 480 g/mol. The van der Waals surface area contributed by atoms with Crippen LogP contribution >= 0.6 is 0 Å². The molecule has 0 atom stereocenters. The highest BCUT2D eigenvalue weighted by Gasteiger charge is 2.30. The van der Waals surface area contributed by atoms with Crippen molar-refractivity contribution in [1.29, 1.82) is 0 Å². The Morgan fingerprint density at radius 3 is 2.66 bits per heavy atom. The molecule has 1 fully saturated rings. The second-order valence-electron chi connectivity index (χ2n) is 9.09. The molecule has 0 saturated carbocycles. The number of hydrogen-bond donors (Lipinski definition) is 0. The van der Waals surface area contributed by atoms with E-state index in [0.717, 1.165) is 29.5 Å². The fourth-order valence-corrected chi connectivity index (χ4v) is 4.98. The largest absolute Gasteiger partial charge is 0.494 e. The van der Waals surface area contributed by atoms with Crippen molar-refractivity contribution in [1.82, 2.24) is 4.90 Å². The summed E-state index contributed by atoms with van der Waals surface area (Å²) < 4.78 is 25.5. The lowest BCUT2D eigenvalue weighted by Crippen LogP contribution is -2.51. The Labute approximate surface area is 203 Å². The van der Waals surface area contributed by atoms with Crippen LogP contribution in [0.1, 0.15) is 25.3 Å². The number of para-hydroxylation sites is 1. The second kappa shape index (κ2) is 10.1. The third-order valence-electron chi connectivity index (χ3n) is 6.73. The number of ether oxygens (including phenoxy) is 1. The summed E-state index contributed by atoms with van der Waals surface area (Å²) in [5.41, 5.74) is 1.83. The van der Waals surface area contributed by atoms with Gasteiger partial charge in [-0.3, -0.25) is 9.69 Å². The Balaban J connectivity index is 1.32. The average Bonchev–Trinajstić information content (AvgIpc) is 2.88. The molecule has 0 spiro atoms. The quantitative estimate of drug-likeness (QED) is 0.501. The van der Waals surface area contributed by atoms with Crippen molar-refractivity contribution in [2.45, 2.75) is 26.2 Å². The minimum atomic E-state index is -0.479. The maximum Gasteiger partial charge on any atom is 0.360 e. The lowest BCUT2D eigenvalue weighted by Gasteiger charge is -2.37. The topological polar surface area (TPSA) is 66.2 Å². The van der Waals surface area contributed by atoms with Crippen LogP contribution in [0.15, 0.2) is 51.7 Å². The molecule has 1 saturated heterocycles. The zero-order valence-electron chi connectivity index (χ0n) is 20.0. The van der Waals surface area contributed by atoms with E-state index < -0.39 is 5.63 Å². The van der Waals surface area contributed by atoms with Crippen LogP contribution in [0.4, 0.5) is 15.8 Å². The molecule has 0 aliphatic carbocycles. The number of nitrogens with zero attached hydrogens (tertiary/aromatic N) is 3. The number of anilines is 2. The van der Waals surface area contributed by atoms with Gasteiger partial charge in [0.25, 0.3) is 0 Å². The van der Waals surface area contributed by atoms with Crippen molar-refractivity contribution in [3.05, 3.63) is 64.3 Å². The molecule has 7 nitrogen and oxygen atoms in total. The molecule has 2 aliphatic rings. The molecule has 5 rings (SSSR count). The van der Waals surface area contributed by atoms with Crippen molar-refractivity contribution < 1.29 is 18.3 Å². The third kappa shape index (κ3) is 4.75. The molecule has 184 valence electrons. The minimum absolute atomic E-state index is 0.115. The maximum atomic E-state index is 14.1. The number of piperazine rings is 1. The molecule has 0 radical (unpaired) electrons. The molecule has 8 heteroatoms. The standard InChI is InChI=1S/C27H30FN3O4/c1-2-16-34-19-9-10-24-21(17-19)20-6-5-11-31(26(20)27(33)35-24)25(32)18-29-12-14-30(15-13-29)23-8-4-3-7-22(23)28/h3-4,7-10,17H,2,5-6,11-16,18H2,1H3. The zero-order chi connectivity index (χ0) is 24.4. The van der Waals surface area contributed by atoms with Crippen LogP contribution in [0, 0.1) is 5.82 Å². The van der Waals surface area contributed by atoms with Crippen LogP contribution in [-0.4, -0.2) is 56.7 Å². The Morgan fingerprint density at radius 1 is 1.09 bits per heavy atom. The van der Waals surface area contributed by atoms with Crippen molar-refractivity contribution >= 4 is 28.3 Å². The van der Waals surface area contributed by atoms with Gasteiger partial charge in [0, 0.05) is 38.1 Å². The van der Waals surface area contributed by atoms with Gasteiger partial charge in [0.1, 0.15) is 22.8 Å². The van der Waals surface area contributed by atoms with E-state index >= 15 is 0 Å². The molecule has 2 aromatic carbocycles. The van der Waals surface area contributed by atoms with Crippen LogP contribution in [0.25, 0.3) is 11.0 Å². The summed E-state index contributed by atoms with van der Waals surface area (Å²) in [5, 5.41) is 0.823. The van der Waals surface area contributed by atoms with Crippen molar-refractivity contribution in [2.24, 2.45) is 0 Å². The second-order valence-corrected chi connectivity index (χ2v) is 9.09. The Kier molecular flexibility index (Phi) is 6.72. The van der Waals surface area contributed by atoms with E-state index in [0.29, 0.717) is 62.7 Å². The number of hydrogen-bond acceptors (Lipinski definition) is 6. The molecule has 1 amide bonds. The molecule has 35 heavy (non-hydrogen) atoms. The molecular weight excluding hydrogens is 449 g/mol. The first-order valence-corrected chi connectivity index (χ1v) is 12.3. The van der Waals surface area contributed by atoms with Crippen molar-refractivity contribution in [3.63, 3.8) is 0 Å². The van der Waals surface area contributed by atoms with Crippen molar-refractivity contribution in [2.75, 3.05) is 55.7 Å². The summed E-state index contributed by atoms with van der Waals surface area (Å²) in [7, 11) is 0. The van der Waals surface area contributed by atoms with Crippen molar-refractivity contribution in [3.8, 4) is 5.75 Å². The summed E-state index contributed by atoms with van der Waals surface area (Å²) >= 11 is 0. The van der Waals surface area contributed by atoms with Gasteiger partial charge in [-0.1, -0.05) is 19.1 Å². The number of amides is 1.